The number of benzene rings is 2. The number of methoxy groups -OCH3 is 1. The van der Waals surface area contributed by atoms with Crippen molar-refractivity contribution in [3.63, 3.8) is 0 Å². The summed E-state index contributed by atoms with van der Waals surface area (Å²) in [7, 11) is 3.42. The molecule has 28 heavy (non-hydrogen) atoms. The Morgan fingerprint density at radius 1 is 1.18 bits per heavy atom. The van der Waals surface area contributed by atoms with E-state index < -0.39 is 0 Å². The van der Waals surface area contributed by atoms with Gasteiger partial charge < -0.3 is 9.64 Å². The Kier molecular flexibility index (Phi) is 6.55. The molecule has 0 saturated heterocycles. The summed E-state index contributed by atoms with van der Waals surface area (Å²) in [5, 5.41) is 7.25. The maximum atomic E-state index is 13.4. The number of hydrogen-bond donors (Lipinski definition) is 1. The van der Waals surface area contributed by atoms with Crippen molar-refractivity contribution in [2.45, 2.75) is 19.4 Å². The molecule has 146 valence electrons. The van der Waals surface area contributed by atoms with Gasteiger partial charge in [0.25, 0.3) is 5.91 Å². The summed E-state index contributed by atoms with van der Waals surface area (Å²) in [6.07, 6.45) is 1.54. The number of rotatable bonds is 8. The maximum Gasteiger partial charge on any atom is 0.253 e. The molecule has 0 atom stereocenters. The van der Waals surface area contributed by atoms with Crippen LogP contribution in [0.1, 0.15) is 28.0 Å². The summed E-state index contributed by atoms with van der Waals surface area (Å²) in [5.41, 5.74) is 3.97. The van der Waals surface area contributed by atoms with Gasteiger partial charge in [-0.05, 0) is 42.7 Å². The van der Waals surface area contributed by atoms with Crippen molar-refractivity contribution in [3.05, 3.63) is 77.2 Å². The van der Waals surface area contributed by atoms with Crippen molar-refractivity contribution in [2.75, 3.05) is 20.7 Å². The van der Waals surface area contributed by atoms with Gasteiger partial charge in [-0.3, -0.25) is 9.89 Å². The van der Waals surface area contributed by atoms with Crippen molar-refractivity contribution in [1.82, 2.24) is 15.1 Å². The molecule has 5 nitrogen and oxygen atoms in total. The molecule has 1 aromatic heterocycles. The number of aromatic nitrogens is 2. The minimum absolute atomic E-state index is 0.0160. The Labute approximate surface area is 164 Å². The van der Waals surface area contributed by atoms with Crippen LogP contribution < -0.4 is 0 Å². The first-order valence-electron chi connectivity index (χ1n) is 9.21. The lowest BCUT2D eigenvalue weighted by atomic mass is 10.1. The van der Waals surface area contributed by atoms with Crippen molar-refractivity contribution in [1.29, 1.82) is 0 Å². The van der Waals surface area contributed by atoms with Crippen LogP contribution in [0.3, 0.4) is 0 Å². The SMILES string of the molecule is COCc1ccccc1C(=O)N(C)CCCc1cc(-c2cccc(F)c2)n[nH]1. The lowest BCUT2D eigenvalue weighted by Crippen LogP contribution is -2.29. The Balaban J connectivity index is 1.56. The summed E-state index contributed by atoms with van der Waals surface area (Å²) < 4.78 is 18.5. The van der Waals surface area contributed by atoms with Crippen LogP contribution in [0.4, 0.5) is 4.39 Å². The van der Waals surface area contributed by atoms with Gasteiger partial charge in [0.2, 0.25) is 0 Å². The van der Waals surface area contributed by atoms with Gasteiger partial charge in [-0.1, -0.05) is 30.3 Å². The van der Waals surface area contributed by atoms with E-state index in [-0.39, 0.29) is 11.7 Å². The highest BCUT2D eigenvalue weighted by Gasteiger charge is 2.15. The first-order chi connectivity index (χ1) is 13.6. The molecule has 3 aromatic rings. The summed E-state index contributed by atoms with van der Waals surface area (Å²) >= 11 is 0. The lowest BCUT2D eigenvalue weighted by Gasteiger charge is -2.18. The smallest absolute Gasteiger partial charge is 0.253 e. The number of nitrogens with zero attached hydrogens (tertiary/aromatic N) is 2. The zero-order valence-corrected chi connectivity index (χ0v) is 16.1. The van der Waals surface area contributed by atoms with E-state index in [1.54, 1.807) is 25.1 Å². The minimum atomic E-state index is -0.282. The second kappa shape index (κ2) is 9.28. The number of halogens is 1. The third-order valence-corrected chi connectivity index (χ3v) is 4.59. The van der Waals surface area contributed by atoms with Gasteiger partial charge in [0.1, 0.15) is 5.82 Å². The maximum absolute atomic E-state index is 13.4. The fraction of sp³-hybridized carbons (Fsp3) is 0.273. The topological polar surface area (TPSA) is 58.2 Å². The molecule has 0 unspecified atom stereocenters. The number of amides is 1. The van der Waals surface area contributed by atoms with Crippen LogP contribution in [0.5, 0.6) is 0 Å². The Bertz CT molecular complexity index is 939. The van der Waals surface area contributed by atoms with Crippen LogP contribution >= 0.6 is 0 Å². The monoisotopic (exact) mass is 381 g/mol. The number of carbonyl (C=O) groups is 1. The molecule has 0 radical (unpaired) electrons. The second-order valence-electron chi connectivity index (χ2n) is 6.71. The van der Waals surface area contributed by atoms with Crippen molar-refractivity contribution in [2.24, 2.45) is 0 Å². The molecule has 0 aliphatic rings. The highest BCUT2D eigenvalue weighted by Crippen LogP contribution is 2.19. The second-order valence-corrected chi connectivity index (χ2v) is 6.71. The fourth-order valence-electron chi connectivity index (χ4n) is 3.11. The van der Waals surface area contributed by atoms with Crippen LogP contribution in [-0.2, 0) is 17.8 Å². The van der Waals surface area contributed by atoms with E-state index >= 15 is 0 Å². The summed E-state index contributed by atoms with van der Waals surface area (Å²) in [5.74, 6) is -0.298. The molecule has 0 saturated carbocycles. The zero-order valence-electron chi connectivity index (χ0n) is 16.1. The zero-order chi connectivity index (χ0) is 19.9. The Morgan fingerprint density at radius 3 is 2.79 bits per heavy atom. The van der Waals surface area contributed by atoms with Gasteiger partial charge in [0.15, 0.2) is 0 Å². The van der Waals surface area contributed by atoms with Crippen molar-refractivity contribution >= 4 is 5.91 Å². The van der Waals surface area contributed by atoms with Crippen LogP contribution in [0.25, 0.3) is 11.3 Å². The average molecular weight is 381 g/mol. The summed E-state index contributed by atoms with van der Waals surface area (Å²) in [6.45, 7) is 1.03. The van der Waals surface area contributed by atoms with Gasteiger partial charge in [0.05, 0.1) is 12.3 Å². The molecule has 3 rings (SSSR count). The quantitative estimate of drug-likeness (QED) is 0.640. The number of H-pyrrole nitrogens is 1. The normalized spacial score (nSPS) is 10.8. The molecule has 0 aliphatic carbocycles. The van der Waals surface area contributed by atoms with Gasteiger partial charge in [0, 0.05) is 37.5 Å². The van der Waals surface area contributed by atoms with E-state index in [2.05, 4.69) is 10.2 Å². The van der Waals surface area contributed by atoms with Gasteiger partial charge >= 0.3 is 0 Å². The molecule has 0 bridgehead atoms. The van der Waals surface area contributed by atoms with Crippen molar-refractivity contribution < 1.29 is 13.9 Å². The molecule has 2 aromatic carbocycles. The molecular formula is C22H24FN3O2. The van der Waals surface area contributed by atoms with Crippen LogP contribution in [-0.4, -0.2) is 41.7 Å². The third-order valence-electron chi connectivity index (χ3n) is 4.59. The lowest BCUT2D eigenvalue weighted by molar-refractivity contribution is 0.0788. The first kappa shape index (κ1) is 19.8. The van der Waals surface area contributed by atoms with E-state index in [0.29, 0.717) is 24.4 Å². The van der Waals surface area contributed by atoms with Gasteiger partial charge in [-0.15, -0.1) is 0 Å². The molecule has 1 amide bonds. The summed E-state index contributed by atoms with van der Waals surface area (Å²) in [6, 6.07) is 15.8. The highest BCUT2D eigenvalue weighted by atomic mass is 19.1. The third kappa shape index (κ3) is 4.84. The predicted octanol–water partition coefficient (Wildman–Crippen LogP) is 4.07. The van der Waals surface area contributed by atoms with E-state index in [0.717, 1.165) is 29.7 Å². The highest BCUT2D eigenvalue weighted by molar-refractivity contribution is 5.95. The summed E-state index contributed by atoms with van der Waals surface area (Å²) in [4.78, 5) is 14.4. The fourth-order valence-corrected chi connectivity index (χ4v) is 3.11. The molecule has 6 heteroatoms. The molecule has 1 heterocycles. The van der Waals surface area contributed by atoms with Gasteiger partial charge in [-0.25, -0.2) is 4.39 Å². The number of aromatic amines is 1. The molecule has 1 N–H and O–H groups in total. The minimum Gasteiger partial charge on any atom is -0.380 e. The molecular weight excluding hydrogens is 357 g/mol. The standard InChI is InChI=1S/C22H24FN3O2/c1-26(22(27)20-11-4-3-7-17(20)15-28-2)12-6-10-19-14-21(25-24-19)16-8-5-9-18(23)13-16/h3-5,7-9,11,13-14H,6,10,12,15H2,1-2H3,(H,24,25). The Hall–Kier alpha value is -2.99. The number of aryl methyl sites for hydroxylation is 1. The molecule has 0 fully saturated rings. The van der Waals surface area contributed by atoms with E-state index in [9.17, 15) is 9.18 Å². The van der Waals surface area contributed by atoms with Crippen LogP contribution in [0.2, 0.25) is 0 Å². The van der Waals surface area contributed by atoms with Crippen LogP contribution in [0, 0.1) is 5.82 Å². The van der Waals surface area contributed by atoms with E-state index in [1.807, 2.05) is 36.4 Å². The van der Waals surface area contributed by atoms with Gasteiger partial charge in [-0.2, -0.15) is 5.10 Å². The Morgan fingerprint density at radius 2 is 2.00 bits per heavy atom. The molecule has 0 aliphatic heterocycles. The van der Waals surface area contributed by atoms with Crippen molar-refractivity contribution in [3.8, 4) is 11.3 Å². The van der Waals surface area contributed by atoms with E-state index in [1.165, 1.54) is 12.1 Å². The first-order valence-corrected chi connectivity index (χ1v) is 9.21. The largest absolute Gasteiger partial charge is 0.380 e. The van der Waals surface area contributed by atoms with E-state index in [4.69, 9.17) is 4.74 Å². The number of hydrogen-bond acceptors (Lipinski definition) is 3. The van der Waals surface area contributed by atoms with Crippen LogP contribution in [0.15, 0.2) is 54.6 Å². The predicted molar refractivity (Wildman–Crippen MR) is 106 cm³/mol. The molecule has 0 spiro atoms. The number of carbonyl (C=O) groups excluding carboxylic acids is 1. The number of nitrogens with one attached hydrogen (secondary N) is 1. The number of ether oxygens (including phenoxy) is 1. The average Bonchev–Trinajstić information content (AvgIpc) is 3.17.